The van der Waals surface area contributed by atoms with Gasteiger partial charge in [0.25, 0.3) is 5.91 Å². The van der Waals surface area contributed by atoms with Crippen molar-refractivity contribution < 1.29 is 14.3 Å². The van der Waals surface area contributed by atoms with Crippen LogP contribution in [0.5, 0.6) is 5.75 Å². The Morgan fingerprint density at radius 3 is 2.72 bits per heavy atom. The van der Waals surface area contributed by atoms with E-state index < -0.39 is 0 Å². The van der Waals surface area contributed by atoms with Gasteiger partial charge in [-0.25, -0.2) is 0 Å². The quantitative estimate of drug-likeness (QED) is 0.881. The van der Waals surface area contributed by atoms with Gasteiger partial charge in [0, 0.05) is 6.54 Å². The van der Waals surface area contributed by atoms with Gasteiger partial charge in [-0.2, -0.15) is 0 Å². The van der Waals surface area contributed by atoms with Gasteiger partial charge >= 0.3 is 0 Å². The molecule has 0 spiro atoms. The molecule has 0 aromatic heterocycles. The first kappa shape index (κ1) is 17.0. The van der Waals surface area contributed by atoms with Crippen molar-refractivity contribution in [1.82, 2.24) is 5.32 Å². The van der Waals surface area contributed by atoms with E-state index in [1.54, 1.807) is 24.3 Å². The van der Waals surface area contributed by atoms with Crippen molar-refractivity contribution in [2.45, 2.75) is 19.8 Å². The average Bonchev–Trinajstić information content (AvgIpc) is 2.66. The average molecular weight is 338 g/mol. The van der Waals surface area contributed by atoms with Crippen LogP contribution in [0.1, 0.15) is 29.3 Å². The summed E-state index contributed by atoms with van der Waals surface area (Å²) >= 11 is 0. The Morgan fingerprint density at radius 1 is 1.12 bits per heavy atom. The summed E-state index contributed by atoms with van der Waals surface area (Å²) in [7, 11) is 0. The summed E-state index contributed by atoms with van der Waals surface area (Å²) in [6.45, 7) is 2.94. The lowest BCUT2D eigenvalue weighted by Gasteiger charge is -2.24. The van der Waals surface area contributed by atoms with E-state index >= 15 is 0 Å². The van der Waals surface area contributed by atoms with Gasteiger partial charge in [-0.15, -0.1) is 0 Å². The van der Waals surface area contributed by atoms with E-state index in [0.717, 1.165) is 17.7 Å². The predicted molar refractivity (Wildman–Crippen MR) is 96.8 cm³/mol. The minimum atomic E-state index is -0.276. The number of carbonyl (C=O) groups excluding carboxylic acids is 2. The van der Waals surface area contributed by atoms with Crippen LogP contribution >= 0.6 is 0 Å². The summed E-state index contributed by atoms with van der Waals surface area (Å²) in [6.07, 6.45) is 1.49. The molecule has 0 radical (unpaired) electrons. The molecule has 2 N–H and O–H groups in total. The maximum absolute atomic E-state index is 12.6. The van der Waals surface area contributed by atoms with Gasteiger partial charge in [-0.3, -0.25) is 9.59 Å². The first-order chi connectivity index (χ1) is 12.2. The lowest BCUT2D eigenvalue weighted by atomic mass is 9.96. The smallest absolute Gasteiger partial charge is 0.253 e. The van der Waals surface area contributed by atoms with Gasteiger partial charge in [-0.05, 0) is 36.6 Å². The van der Waals surface area contributed by atoms with E-state index in [2.05, 4.69) is 10.6 Å². The van der Waals surface area contributed by atoms with Crippen LogP contribution in [0.25, 0.3) is 0 Å². The topological polar surface area (TPSA) is 67.4 Å². The molecular formula is C20H22N2O3. The van der Waals surface area contributed by atoms with Crippen LogP contribution in [0.4, 0.5) is 5.69 Å². The molecule has 1 aliphatic heterocycles. The maximum atomic E-state index is 12.6. The molecule has 0 saturated carbocycles. The molecule has 0 fully saturated rings. The molecule has 5 nitrogen and oxygen atoms in total. The minimum Gasteiger partial charge on any atom is -0.492 e. The molecule has 0 saturated heterocycles. The highest BCUT2D eigenvalue weighted by Crippen LogP contribution is 2.27. The van der Waals surface area contributed by atoms with Crippen molar-refractivity contribution in [2.24, 2.45) is 5.92 Å². The number of rotatable bonds is 5. The normalized spacial score (nSPS) is 15.6. The lowest BCUT2D eigenvalue weighted by molar-refractivity contribution is -0.121. The molecule has 2 aromatic carbocycles. The Labute approximate surface area is 147 Å². The molecule has 1 unspecified atom stereocenters. The van der Waals surface area contributed by atoms with Gasteiger partial charge in [0.1, 0.15) is 12.4 Å². The highest BCUT2D eigenvalue weighted by molar-refractivity contribution is 6.04. The van der Waals surface area contributed by atoms with E-state index in [-0.39, 0.29) is 17.7 Å². The number of hydrogen-bond donors (Lipinski definition) is 2. The zero-order chi connectivity index (χ0) is 17.6. The number of benzene rings is 2. The largest absolute Gasteiger partial charge is 0.492 e. The molecule has 3 rings (SSSR count). The molecule has 2 aromatic rings. The number of carbonyl (C=O) groups is 2. The van der Waals surface area contributed by atoms with Crippen LogP contribution < -0.4 is 15.4 Å². The van der Waals surface area contributed by atoms with E-state index in [4.69, 9.17) is 4.74 Å². The summed E-state index contributed by atoms with van der Waals surface area (Å²) < 4.78 is 5.69. The minimum absolute atomic E-state index is 0.134. The van der Waals surface area contributed by atoms with Crippen LogP contribution in [0.15, 0.2) is 48.5 Å². The number of nitrogens with one attached hydrogen (secondary N) is 2. The molecule has 2 amide bonds. The Balaban J connectivity index is 1.71. The number of para-hydroxylation sites is 2. The highest BCUT2D eigenvalue weighted by atomic mass is 16.5. The maximum Gasteiger partial charge on any atom is 0.253 e. The fourth-order valence-corrected chi connectivity index (χ4v) is 2.86. The van der Waals surface area contributed by atoms with Crippen molar-refractivity contribution in [3.63, 3.8) is 0 Å². The third kappa shape index (κ3) is 3.99. The molecular weight excluding hydrogens is 316 g/mol. The first-order valence-electron chi connectivity index (χ1n) is 8.58. The third-order valence-corrected chi connectivity index (χ3v) is 4.21. The third-order valence-electron chi connectivity index (χ3n) is 4.21. The van der Waals surface area contributed by atoms with E-state index in [1.165, 1.54) is 0 Å². The fourth-order valence-electron chi connectivity index (χ4n) is 2.86. The SMILES string of the molecule is CCCNC(=O)c1ccccc1NC(=O)C1COc2ccccc2C1. The van der Waals surface area contributed by atoms with E-state index in [0.29, 0.717) is 30.8 Å². The predicted octanol–water partition coefficient (Wildman–Crippen LogP) is 3.02. The number of ether oxygens (including phenoxy) is 1. The van der Waals surface area contributed by atoms with Gasteiger partial charge in [0.15, 0.2) is 0 Å². The Kier molecular flexibility index (Phi) is 5.33. The second-order valence-electron chi connectivity index (χ2n) is 6.11. The van der Waals surface area contributed by atoms with E-state index in [9.17, 15) is 9.59 Å². The van der Waals surface area contributed by atoms with Crippen LogP contribution in [0.2, 0.25) is 0 Å². The van der Waals surface area contributed by atoms with Crippen molar-refractivity contribution in [2.75, 3.05) is 18.5 Å². The Hall–Kier alpha value is -2.82. The summed E-state index contributed by atoms with van der Waals surface area (Å²) in [5.74, 6) is 0.251. The van der Waals surface area contributed by atoms with Crippen molar-refractivity contribution in [1.29, 1.82) is 0 Å². The summed E-state index contributed by atoms with van der Waals surface area (Å²) in [6, 6.07) is 14.8. The van der Waals surface area contributed by atoms with Crippen LogP contribution in [-0.2, 0) is 11.2 Å². The standard InChI is InChI=1S/C20H22N2O3/c1-2-11-21-20(24)16-8-4-5-9-17(16)22-19(23)15-12-14-7-3-6-10-18(14)25-13-15/h3-10,15H,2,11-13H2,1H3,(H,21,24)(H,22,23). The molecule has 25 heavy (non-hydrogen) atoms. The zero-order valence-electron chi connectivity index (χ0n) is 14.2. The van der Waals surface area contributed by atoms with Crippen LogP contribution in [-0.4, -0.2) is 25.0 Å². The fraction of sp³-hybridized carbons (Fsp3) is 0.300. The Bertz CT molecular complexity index is 773. The zero-order valence-corrected chi connectivity index (χ0v) is 14.2. The lowest BCUT2D eigenvalue weighted by Crippen LogP contribution is -2.33. The van der Waals surface area contributed by atoms with Crippen molar-refractivity contribution in [3.8, 4) is 5.75 Å². The monoisotopic (exact) mass is 338 g/mol. The van der Waals surface area contributed by atoms with Gasteiger partial charge in [0.05, 0.1) is 17.2 Å². The number of hydrogen-bond acceptors (Lipinski definition) is 3. The van der Waals surface area contributed by atoms with Crippen molar-refractivity contribution >= 4 is 17.5 Å². The summed E-state index contributed by atoms with van der Waals surface area (Å²) in [5, 5.41) is 5.73. The number of anilines is 1. The molecule has 0 bridgehead atoms. The number of fused-ring (bicyclic) bond motifs is 1. The Morgan fingerprint density at radius 2 is 1.88 bits per heavy atom. The molecule has 0 aliphatic carbocycles. The van der Waals surface area contributed by atoms with Crippen molar-refractivity contribution in [3.05, 3.63) is 59.7 Å². The molecule has 1 aliphatic rings. The van der Waals surface area contributed by atoms with Gasteiger partial charge in [-0.1, -0.05) is 37.3 Å². The van der Waals surface area contributed by atoms with Crippen LogP contribution in [0, 0.1) is 5.92 Å². The molecule has 130 valence electrons. The molecule has 5 heteroatoms. The van der Waals surface area contributed by atoms with Gasteiger partial charge < -0.3 is 15.4 Å². The second kappa shape index (κ2) is 7.83. The second-order valence-corrected chi connectivity index (χ2v) is 6.11. The summed E-state index contributed by atoms with van der Waals surface area (Å²) in [5.41, 5.74) is 2.03. The molecule has 1 atom stereocenters. The molecule has 1 heterocycles. The van der Waals surface area contributed by atoms with Gasteiger partial charge in [0.2, 0.25) is 5.91 Å². The summed E-state index contributed by atoms with van der Waals surface area (Å²) in [4.78, 5) is 24.9. The van der Waals surface area contributed by atoms with Crippen LogP contribution in [0.3, 0.4) is 0 Å². The highest BCUT2D eigenvalue weighted by Gasteiger charge is 2.26. The first-order valence-corrected chi connectivity index (χ1v) is 8.58. The van der Waals surface area contributed by atoms with E-state index in [1.807, 2.05) is 31.2 Å². The number of amides is 2.